The predicted octanol–water partition coefficient (Wildman–Crippen LogP) is 10.3. The Balaban J connectivity index is 0.000000216. The van der Waals surface area contributed by atoms with Gasteiger partial charge < -0.3 is 19.8 Å². The zero-order chi connectivity index (χ0) is 34.2. The van der Waals surface area contributed by atoms with Crippen molar-refractivity contribution in [2.45, 2.75) is 45.0 Å². The van der Waals surface area contributed by atoms with Gasteiger partial charge in [-0.3, -0.25) is 0 Å². The minimum absolute atomic E-state index is 0. The monoisotopic (exact) mass is 863 g/mol. The second-order valence-corrected chi connectivity index (χ2v) is 12.8. The average molecular weight is 864 g/mol. The molecule has 4 nitrogen and oxygen atoms in total. The fraction of sp³-hybridized carbons (Fsp3) is 0.190. The number of nitrogens with zero attached hydrogens (tertiary/aromatic N) is 2. The molecule has 7 heteroatoms. The zero-order valence-corrected chi connectivity index (χ0v) is 32.6. The molecule has 0 radical (unpaired) electrons. The van der Waals surface area contributed by atoms with Crippen LogP contribution < -0.4 is 4.74 Å². The number of aliphatic hydroxyl groups is 1. The number of benzene rings is 4. The summed E-state index contributed by atoms with van der Waals surface area (Å²) in [5.41, 5.74) is 14.9. The van der Waals surface area contributed by atoms with E-state index in [0.717, 1.165) is 50.5 Å². The zero-order valence-electron chi connectivity index (χ0n) is 28.6. The van der Waals surface area contributed by atoms with Crippen molar-refractivity contribution in [1.82, 2.24) is 9.97 Å². The van der Waals surface area contributed by atoms with E-state index in [1.54, 1.807) is 25.1 Å². The van der Waals surface area contributed by atoms with Crippen molar-refractivity contribution in [2.24, 2.45) is 0 Å². The first-order valence-corrected chi connectivity index (χ1v) is 17.6. The molecule has 49 heavy (non-hydrogen) atoms. The Hall–Kier alpha value is -3.67. The maximum atomic E-state index is 9.85. The predicted molar refractivity (Wildman–Crippen MR) is 204 cm³/mol. The number of thiol groups is 1. The molecule has 2 heterocycles. The van der Waals surface area contributed by atoms with Crippen LogP contribution in [-0.2, 0) is 33.4 Å². The molecule has 0 fully saturated rings. The van der Waals surface area contributed by atoms with Crippen LogP contribution in [0.1, 0.15) is 33.4 Å². The number of ether oxygens (including phenoxy) is 1. The molecule has 0 saturated heterocycles. The van der Waals surface area contributed by atoms with Crippen LogP contribution in [0.5, 0.6) is 5.75 Å². The van der Waals surface area contributed by atoms with Gasteiger partial charge in [0.2, 0.25) is 0 Å². The number of aryl methyl sites for hydroxylation is 4. The van der Waals surface area contributed by atoms with Crippen molar-refractivity contribution >= 4 is 24.4 Å². The largest absolute Gasteiger partial charge is 2.00 e. The van der Waals surface area contributed by atoms with E-state index in [2.05, 4.69) is 117 Å². The summed E-state index contributed by atoms with van der Waals surface area (Å²) in [7, 11) is 1.69. The van der Waals surface area contributed by atoms with Crippen LogP contribution >= 0.6 is 24.4 Å². The van der Waals surface area contributed by atoms with Crippen LogP contribution in [-0.4, -0.2) is 28.4 Å². The van der Waals surface area contributed by atoms with E-state index in [-0.39, 0.29) is 27.7 Å². The summed E-state index contributed by atoms with van der Waals surface area (Å²) in [6.45, 7) is 8.43. The Morgan fingerprint density at radius 2 is 1.27 bits per heavy atom. The Labute approximate surface area is 315 Å². The van der Waals surface area contributed by atoms with Gasteiger partial charge in [-0.05, 0) is 63.0 Å². The molecule has 4 aromatic carbocycles. The van der Waals surface area contributed by atoms with Crippen molar-refractivity contribution in [3.05, 3.63) is 143 Å². The first-order valence-electron chi connectivity index (χ1n) is 15.7. The van der Waals surface area contributed by atoms with Gasteiger partial charge in [0, 0.05) is 35.4 Å². The molecule has 252 valence electrons. The van der Waals surface area contributed by atoms with Crippen molar-refractivity contribution in [2.75, 3.05) is 13.4 Å². The molecule has 1 N–H and O–H groups in total. The van der Waals surface area contributed by atoms with E-state index >= 15 is 0 Å². The number of aliphatic hydroxyl groups excluding tert-OH is 1. The SMILES string of the molecule is COc1cc(-c2c(C)cccc2C)c[c-]c1-c1cc(SC)ccn1.Cc1cccc(C)c1-c1c[c-]c(-c2cc(CS)ccn2)c(CO)c1.[Pt+2]. The molecule has 0 saturated carbocycles. The van der Waals surface area contributed by atoms with Crippen molar-refractivity contribution in [3.63, 3.8) is 0 Å². The summed E-state index contributed by atoms with van der Waals surface area (Å²) in [4.78, 5) is 10.1. The summed E-state index contributed by atoms with van der Waals surface area (Å²) < 4.78 is 5.64. The molecule has 0 aliphatic heterocycles. The van der Waals surface area contributed by atoms with E-state index in [1.165, 1.54) is 38.3 Å². The summed E-state index contributed by atoms with van der Waals surface area (Å²) in [5, 5.41) is 9.85. The van der Waals surface area contributed by atoms with Gasteiger partial charge in [0.05, 0.1) is 7.11 Å². The molecule has 2 aromatic heterocycles. The second-order valence-electron chi connectivity index (χ2n) is 11.6. The Morgan fingerprint density at radius 3 is 1.80 bits per heavy atom. The Kier molecular flexibility index (Phi) is 13.9. The third-order valence-electron chi connectivity index (χ3n) is 8.34. The maximum Gasteiger partial charge on any atom is 2.00 e. The molecule has 0 bridgehead atoms. The molecule has 0 atom stereocenters. The number of thioether (sulfide) groups is 1. The summed E-state index contributed by atoms with van der Waals surface area (Å²) in [6, 6.07) is 35.5. The molecule has 6 rings (SSSR count). The van der Waals surface area contributed by atoms with Gasteiger partial charge in [-0.25, -0.2) is 0 Å². The van der Waals surface area contributed by atoms with Gasteiger partial charge in [-0.1, -0.05) is 105 Å². The minimum Gasteiger partial charge on any atom is -0.540 e. The second kappa shape index (κ2) is 17.8. The van der Waals surface area contributed by atoms with Gasteiger partial charge >= 0.3 is 21.1 Å². The number of rotatable bonds is 8. The van der Waals surface area contributed by atoms with E-state index in [4.69, 9.17) is 4.74 Å². The molecular weight excluding hydrogens is 824 g/mol. The van der Waals surface area contributed by atoms with E-state index in [1.807, 2.05) is 42.6 Å². The van der Waals surface area contributed by atoms with Crippen LogP contribution in [0.4, 0.5) is 0 Å². The minimum atomic E-state index is -0.0443. The first-order chi connectivity index (χ1) is 23.3. The quantitative estimate of drug-likeness (QED) is 0.0907. The summed E-state index contributed by atoms with van der Waals surface area (Å²) >= 11 is 6.02. The normalized spacial score (nSPS) is 10.5. The summed E-state index contributed by atoms with van der Waals surface area (Å²) in [5.74, 6) is 1.45. The first kappa shape index (κ1) is 38.1. The van der Waals surface area contributed by atoms with Gasteiger partial charge in [0.1, 0.15) is 0 Å². The maximum absolute atomic E-state index is 9.85. The van der Waals surface area contributed by atoms with Gasteiger partial charge in [-0.2, -0.15) is 12.6 Å². The van der Waals surface area contributed by atoms with Crippen LogP contribution in [0.2, 0.25) is 0 Å². The van der Waals surface area contributed by atoms with Crippen LogP contribution in [0.3, 0.4) is 0 Å². The van der Waals surface area contributed by atoms with Crippen LogP contribution in [0, 0.1) is 39.8 Å². The number of pyridine rings is 2. The van der Waals surface area contributed by atoms with Crippen LogP contribution in [0.15, 0.2) is 102 Å². The fourth-order valence-corrected chi connectivity index (χ4v) is 6.58. The molecule has 0 aliphatic rings. The van der Waals surface area contributed by atoms with Crippen molar-refractivity contribution in [3.8, 4) is 50.5 Å². The third-order valence-corrected chi connectivity index (χ3v) is 9.43. The third kappa shape index (κ3) is 8.93. The molecular formula is C42H40N2O2PtS2. The molecule has 0 unspecified atom stereocenters. The fourth-order valence-electron chi connectivity index (χ4n) is 5.96. The molecule has 0 aliphatic carbocycles. The Morgan fingerprint density at radius 1 is 0.735 bits per heavy atom. The number of hydrogen-bond donors (Lipinski definition) is 2. The standard InChI is InChI=1S/2C21H20NOS.Pt/c1-14-6-5-7-15(2)21(14)16-8-9-18(20(12-16)23-3)19-13-17(24-4)10-11-22-19;1-14-4-3-5-15(2)21(14)17-6-7-19(18(11-17)12-23)20-10-16(13-24)8-9-22-20;/h5-8,10-13H,1-4H3;3-6,8-11,23-24H,12-13H2,1-2H3;/q2*-1;+2. The van der Waals surface area contributed by atoms with E-state index < -0.39 is 0 Å². The topological polar surface area (TPSA) is 55.2 Å². The average Bonchev–Trinajstić information content (AvgIpc) is 3.11. The molecule has 6 aromatic rings. The van der Waals surface area contributed by atoms with Crippen LogP contribution in [0.25, 0.3) is 44.8 Å². The van der Waals surface area contributed by atoms with Gasteiger partial charge in [0.25, 0.3) is 0 Å². The van der Waals surface area contributed by atoms with Gasteiger partial charge in [0.15, 0.2) is 0 Å². The van der Waals surface area contributed by atoms with E-state index in [0.29, 0.717) is 5.75 Å². The van der Waals surface area contributed by atoms with Gasteiger partial charge in [-0.15, -0.1) is 53.2 Å². The number of methoxy groups -OCH3 is 1. The smallest absolute Gasteiger partial charge is 0.540 e. The number of hydrogen-bond acceptors (Lipinski definition) is 6. The van der Waals surface area contributed by atoms with Crippen molar-refractivity contribution < 1.29 is 30.9 Å². The molecule has 0 spiro atoms. The summed E-state index contributed by atoms with van der Waals surface area (Å²) in [6.07, 6.45) is 5.66. The molecule has 0 amide bonds. The number of aromatic nitrogens is 2. The van der Waals surface area contributed by atoms with E-state index in [9.17, 15) is 5.11 Å². The Bertz CT molecular complexity index is 1860. The van der Waals surface area contributed by atoms with Crippen molar-refractivity contribution in [1.29, 1.82) is 0 Å².